The summed E-state index contributed by atoms with van der Waals surface area (Å²) in [7, 11) is 0. The van der Waals surface area contributed by atoms with Gasteiger partial charge < -0.3 is 19.7 Å². The number of aromatic nitrogens is 2. The molecule has 1 fully saturated rings. The lowest BCUT2D eigenvalue weighted by Crippen LogP contribution is -2.36. The van der Waals surface area contributed by atoms with E-state index in [4.69, 9.17) is 25.0 Å². The van der Waals surface area contributed by atoms with Crippen molar-refractivity contribution in [3.63, 3.8) is 0 Å². The van der Waals surface area contributed by atoms with Gasteiger partial charge in [-0.25, -0.2) is 0 Å². The Balaban J connectivity index is 1.95. The van der Waals surface area contributed by atoms with Crippen molar-refractivity contribution >= 4 is 17.1 Å². The third-order valence-electron chi connectivity index (χ3n) is 3.48. The van der Waals surface area contributed by atoms with Crippen LogP contribution in [0.5, 0.6) is 5.75 Å². The Hall–Kier alpha value is -2.35. The third-order valence-corrected chi connectivity index (χ3v) is 3.48. The Bertz CT molecular complexity index is 1390. The molecular formula is C18H26N4O4. The summed E-state index contributed by atoms with van der Waals surface area (Å²) < 4.78 is 124. The molecule has 142 valence electrons. The molecule has 1 aliphatic heterocycles. The molecule has 0 bridgehead atoms. The van der Waals surface area contributed by atoms with E-state index in [1.807, 2.05) is 0 Å². The second kappa shape index (κ2) is 7.90. The van der Waals surface area contributed by atoms with Crippen LogP contribution in [0.2, 0.25) is 1.41 Å². The predicted molar refractivity (Wildman–Crippen MR) is 97.6 cm³/mol. The van der Waals surface area contributed by atoms with Gasteiger partial charge in [-0.2, -0.15) is 4.98 Å². The molecule has 0 radical (unpaired) electrons. The molecule has 1 saturated heterocycles. The topological polar surface area (TPSA) is 101 Å². The first-order valence-electron chi connectivity index (χ1n) is 15.0. The van der Waals surface area contributed by atoms with Crippen molar-refractivity contribution in [1.29, 1.82) is 0 Å². The van der Waals surface area contributed by atoms with Crippen LogP contribution >= 0.6 is 0 Å². The standard InChI is InChI=1S/C18H26N4O4/c1-12(2)22-16-15(26-11-20-16)14(23)13(18(22)25)17(24)19-7-6-10-21-8-4-3-5-9-21/h11-12,23H,3-10H2,1-2H3,(H,19,24)/i1D3,3D2,4D2,5D2,8D2,9D2,12D/hD. The van der Waals surface area contributed by atoms with Gasteiger partial charge in [0.15, 0.2) is 24.8 Å². The SMILES string of the molecule is [2H]N(CCCN1C([2H])([2H])C([2H])([2H])C([2H])([2H])C([2H])([2H])C1([2H])[2H])C(=O)c1c(O)c2ocnc2n(C([2H])(C)C([2H])([2H])[2H])c1=O. The number of nitrogens with zero attached hydrogens (tertiary/aromatic N) is 3. The number of likely N-dealkylation sites (tertiary alicyclic amines) is 1. The van der Waals surface area contributed by atoms with Crippen LogP contribution in [-0.4, -0.2) is 51.5 Å². The first-order chi connectivity index (χ1) is 18.2. The maximum Gasteiger partial charge on any atom is 0.269 e. The largest absolute Gasteiger partial charge is 0.503 e. The van der Waals surface area contributed by atoms with Crippen molar-refractivity contribution in [3.05, 3.63) is 22.3 Å². The lowest BCUT2D eigenvalue weighted by atomic mass is 10.1. The van der Waals surface area contributed by atoms with Gasteiger partial charge in [-0.1, -0.05) is 6.37 Å². The van der Waals surface area contributed by atoms with Gasteiger partial charge >= 0.3 is 0 Å². The Labute approximate surface area is 172 Å². The molecule has 1 amide bonds. The maximum absolute atomic E-state index is 13.2. The highest BCUT2D eigenvalue weighted by Gasteiger charge is 2.25. The van der Waals surface area contributed by atoms with Crippen LogP contribution in [0.15, 0.2) is 15.6 Å². The lowest BCUT2D eigenvalue weighted by Gasteiger charge is -2.26. The highest BCUT2D eigenvalue weighted by Crippen LogP contribution is 2.27. The van der Waals surface area contributed by atoms with Crippen LogP contribution in [0.4, 0.5) is 0 Å². The minimum absolute atomic E-state index is 0.0806. The Morgan fingerprint density at radius 2 is 2.35 bits per heavy atom. The number of aromatic hydroxyl groups is 1. The summed E-state index contributed by atoms with van der Waals surface area (Å²) in [6.45, 7) is -10.7. The molecule has 1 atom stereocenters. The van der Waals surface area contributed by atoms with Gasteiger partial charge in [0.05, 0.1) is 1.37 Å². The maximum atomic E-state index is 13.2. The molecule has 1 unspecified atom stereocenters. The summed E-state index contributed by atoms with van der Waals surface area (Å²) in [4.78, 5) is 30.1. The zero-order valence-corrected chi connectivity index (χ0v) is 13.7. The number of piperidine rings is 1. The number of rotatable bonds is 6. The van der Waals surface area contributed by atoms with E-state index in [-0.39, 0.29) is 10.2 Å². The number of oxazole rings is 1. The number of pyridine rings is 1. The fourth-order valence-electron chi connectivity index (χ4n) is 2.34. The summed E-state index contributed by atoms with van der Waals surface area (Å²) in [5.74, 6) is -2.62. The van der Waals surface area contributed by atoms with E-state index >= 15 is 0 Å². The normalized spacial score (nSPS) is 36.6. The number of hydrogen-bond acceptors (Lipinski definition) is 6. The van der Waals surface area contributed by atoms with Crippen LogP contribution in [-0.2, 0) is 0 Å². The zero-order valence-electron chi connectivity index (χ0n) is 28.7. The zero-order chi connectivity index (χ0) is 31.9. The molecule has 2 aromatic rings. The number of amides is 1. The van der Waals surface area contributed by atoms with Crippen molar-refractivity contribution in [3.8, 4) is 5.75 Å². The van der Waals surface area contributed by atoms with Crippen molar-refractivity contribution in [2.24, 2.45) is 0 Å². The Morgan fingerprint density at radius 3 is 3.08 bits per heavy atom. The van der Waals surface area contributed by atoms with Gasteiger partial charge in [-0.05, 0) is 52.5 Å². The summed E-state index contributed by atoms with van der Waals surface area (Å²) in [6.07, 6.45) is -10.5. The minimum atomic E-state index is -3.61. The van der Waals surface area contributed by atoms with Crippen LogP contribution in [0, 0.1) is 0 Å². The summed E-state index contributed by atoms with van der Waals surface area (Å²) in [5, 5.41) is 10.6. The molecule has 1 aliphatic rings. The second-order valence-corrected chi connectivity index (χ2v) is 5.25. The first-order valence-corrected chi connectivity index (χ1v) is 7.53. The molecule has 0 aliphatic carbocycles. The van der Waals surface area contributed by atoms with Gasteiger partial charge in [0.1, 0.15) is 0 Å². The van der Waals surface area contributed by atoms with Gasteiger partial charge in [0, 0.05) is 30.4 Å². The van der Waals surface area contributed by atoms with E-state index in [0.717, 1.165) is 13.3 Å². The summed E-state index contributed by atoms with van der Waals surface area (Å²) >= 11 is 0. The summed E-state index contributed by atoms with van der Waals surface area (Å²) in [5.41, 5.74) is -3.84. The van der Waals surface area contributed by atoms with Gasteiger partial charge in [-0.15, -0.1) is 0 Å². The van der Waals surface area contributed by atoms with Crippen LogP contribution in [0.1, 0.15) is 74.9 Å². The number of carbonyl (C=O) groups is 1. The molecule has 2 N–H and O–H groups in total. The van der Waals surface area contributed by atoms with Crippen molar-refractivity contribution < 1.29 is 34.9 Å². The molecule has 2 aromatic heterocycles. The molecule has 0 spiro atoms. The number of fused-ring (bicyclic) bond motifs is 1. The smallest absolute Gasteiger partial charge is 0.269 e. The molecule has 3 heterocycles. The van der Waals surface area contributed by atoms with Crippen molar-refractivity contribution in [1.82, 2.24) is 19.8 Å². The highest BCUT2D eigenvalue weighted by atomic mass is 16.4. The van der Waals surface area contributed by atoms with Crippen LogP contribution in [0.3, 0.4) is 0 Å². The fourth-order valence-corrected chi connectivity index (χ4v) is 2.34. The lowest BCUT2D eigenvalue weighted by molar-refractivity contribution is 0.0946. The third kappa shape index (κ3) is 3.60. The van der Waals surface area contributed by atoms with Crippen molar-refractivity contribution in [2.75, 3.05) is 26.1 Å². The molecule has 26 heavy (non-hydrogen) atoms. The van der Waals surface area contributed by atoms with Crippen LogP contribution in [0.25, 0.3) is 11.2 Å². The van der Waals surface area contributed by atoms with E-state index in [1.165, 1.54) is 0 Å². The fraction of sp³-hybridized carbons (Fsp3) is 0.611. The highest BCUT2D eigenvalue weighted by molar-refractivity contribution is 6.00. The molecule has 8 nitrogen and oxygen atoms in total. The van der Waals surface area contributed by atoms with Gasteiger partial charge in [0.2, 0.25) is 5.58 Å². The molecule has 0 saturated carbocycles. The van der Waals surface area contributed by atoms with E-state index < -0.39 is 98.5 Å². The number of carbonyl (C=O) groups excluding carboxylic acids is 1. The quantitative estimate of drug-likeness (QED) is 0.797. The van der Waals surface area contributed by atoms with Gasteiger partial charge in [-0.3, -0.25) is 14.2 Å². The van der Waals surface area contributed by atoms with E-state index in [9.17, 15) is 14.7 Å². The summed E-state index contributed by atoms with van der Waals surface area (Å²) in [6, 6.07) is -2.72. The molecular weight excluding hydrogens is 336 g/mol. The van der Waals surface area contributed by atoms with E-state index in [2.05, 4.69) is 4.98 Å². The minimum Gasteiger partial charge on any atom is -0.503 e. The number of hydrogen-bond donors (Lipinski definition) is 2. The molecule has 8 heteroatoms. The molecule has 3 rings (SSSR count). The van der Waals surface area contributed by atoms with Gasteiger partial charge in [0.25, 0.3) is 11.5 Å². The average molecular weight is 378 g/mol. The first kappa shape index (κ1) is 7.34. The predicted octanol–water partition coefficient (Wildman–Crippen LogP) is 1.88. The van der Waals surface area contributed by atoms with Crippen molar-refractivity contribution in [2.45, 2.75) is 45.3 Å². The monoisotopic (exact) mass is 377 g/mol. The molecule has 0 aromatic carbocycles. The average Bonchev–Trinajstić information content (AvgIpc) is 3.28. The number of nitrogens with one attached hydrogen (secondary N) is 1. The van der Waals surface area contributed by atoms with E-state index in [0.29, 0.717) is 4.57 Å². The Morgan fingerprint density at radius 1 is 1.58 bits per heavy atom. The van der Waals surface area contributed by atoms with Crippen LogP contribution < -0.4 is 10.9 Å². The van der Waals surface area contributed by atoms with E-state index in [1.54, 1.807) is 0 Å². The Kier molecular flexibility index (Phi) is 2.23. The second-order valence-electron chi connectivity index (χ2n) is 5.25.